The van der Waals surface area contributed by atoms with Crippen molar-refractivity contribution in [1.29, 1.82) is 0 Å². The molecule has 19 heavy (non-hydrogen) atoms. The standard InChI is InChI=1S/C13H11NO4S/c15-13(8-12-5-2-6-19-12)18-9-10-3-1-4-11(7-10)14(16)17/h1-7H,8-9H2. The molecule has 6 heteroatoms. The summed E-state index contributed by atoms with van der Waals surface area (Å²) in [5, 5.41) is 12.5. The molecule has 1 aromatic heterocycles. The van der Waals surface area contributed by atoms with Gasteiger partial charge in [0.2, 0.25) is 0 Å². The third-order valence-electron chi connectivity index (χ3n) is 2.42. The molecule has 0 bridgehead atoms. The molecular weight excluding hydrogens is 266 g/mol. The molecule has 1 heterocycles. The lowest BCUT2D eigenvalue weighted by molar-refractivity contribution is -0.384. The molecule has 2 aromatic rings. The zero-order valence-electron chi connectivity index (χ0n) is 9.94. The number of ether oxygens (including phenoxy) is 1. The number of esters is 1. The van der Waals surface area contributed by atoms with Gasteiger partial charge in [0.05, 0.1) is 11.3 Å². The van der Waals surface area contributed by atoms with Crippen LogP contribution in [0.4, 0.5) is 5.69 Å². The van der Waals surface area contributed by atoms with E-state index in [0.717, 1.165) is 4.88 Å². The molecule has 0 atom stereocenters. The fraction of sp³-hybridized carbons (Fsp3) is 0.154. The molecule has 0 aliphatic carbocycles. The molecule has 0 amide bonds. The van der Waals surface area contributed by atoms with Gasteiger partial charge in [-0.1, -0.05) is 18.2 Å². The lowest BCUT2D eigenvalue weighted by Crippen LogP contribution is -2.07. The third kappa shape index (κ3) is 3.89. The van der Waals surface area contributed by atoms with Crippen molar-refractivity contribution in [2.75, 3.05) is 0 Å². The first kappa shape index (κ1) is 13.2. The van der Waals surface area contributed by atoms with Crippen LogP contribution in [0.5, 0.6) is 0 Å². The second kappa shape index (κ2) is 6.10. The van der Waals surface area contributed by atoms with Crippen LogP contribution in [0, 0.1) is 10.1 Å². The molecule has 0 aliphatic rings. The first-order valence-electron chi connectivity index (χ1n) is 5.56. The van der Waals surface area contributed by atoms with Crippen LogP contribution in [-0.2, 0) is 22.6 Å². The largest absolute Gasteiger partial charge is 0.461 e. The Hall–Kier alpha value is -2.21. The van der Waals surface area contributed by atoms with Crippen LogP contribution in [-0.4, -0.2) is 10.9 Å². The Morgan fingerprint density at radius 3 is 2.84 bits per heavy atom. The molecule has 0 radical (unpaired) electrons. The SMILES string of the molecule is O=C(Cc1cccs1)OCc1cccc([N+](=O)[O-])c1. The molecule has 0 aliphatic heterocycles. The number of carbonyl (C=O) groups excluding carboxylic acids is 1. The van der Waals surface area contributed by atoms with Crippen molar-refractivity contribution in [1.82, 2.24) is 0 Å². The number of nitrogens with zero attached hydrogens (tertiary/aromatic N) is 1. The predicted octanol–water partition coefficient (Wildman–Crippen LogP) is 2.94. The van der Waals surface area contributed by atoms with Gasteiger partial charge in [-0.15, -0.1) is 11.3 Å². The van der Waals surface area contributed by atoms with Gasteiger partial charge in [-0.3, -0.25) is 14.9 Å². The van der Waals surface area contributed by atoms with Crippen LogP contribution in [0.3, 0.4) is 0 Å². The summed E-state index contributed by atoms with van der Waals surface area (Å²) in [6, 6.07) is 9.79. The highest BCUT2D eigenvalue weighted by Crippen LogP contribution is 2.14. The van der Waals surface area contributed by atoms with Gasteiger partial charge in [-0.25, -0.2) is 0 Å². The van der Waals surface area contributed by atoms with E-state index in [4.69, 9.17) is 4.74 Å². The minimum Gasteiger partial charge on any atom is -0.461 e. The van der Waals surface area contributed by atoms with Crippen LogP contribution < -0.4 is 0 Å². The molecule has 0 saturated carbocycles. The first-order valence-corrected chi connectivity index (χ1v) is 6.44. The average molecular weight is 277 g/mol. The first-order chi connectivity index (χ1) is 9.15. The quantitative estimate of drug-likeness (QED) is 0.478. The number of nitro benzene ring substituents is 1. The molecule has 0 unspecified atom stereocenters. The molecular formula is C13H11NO4S. The lowest BCUT2D eigenvalue weighted by atomic mass is 10.2. The van der Waals surface area contributed by atoms with Crippen molar-refractivity contribution in [3.8, 4) is 0 Å². The smallest absolute Gasteiger partial charge is 0.311 e. The highest BCUT2D eigenvalue weighted by Gasteiger charge is 2.09. The monoisotopic (exact) mass is 277 g/mol. The van der Waals surface area contributed by atoms with E-state index in [9.17, 15) is 14.9 Å². The van der Waals surface area contributed by atoms with E-state index in [-0.39, 0.29) is 24.7 Å². The number of nitro groups is 1. The number of rotatable bonds is 5. The Labute approximate surface area is 113 Å². The topological polar surface area (TPSA) is 69.4 Å². The number of benzene rings is 1. The van der Waals surface area contributed by atoms with Crippen molar-refractivity contribution in [3.05, 3.63) is 62.3 Å². The highest BCUT2D eigenvalue weighted by molar-refractivity contribution is 7.10. The molecule has 1 aromatic carbocycles. The van der Waals surface area contributed by atoms with Crippen molar-refractivity contribution in [3.63, 3.8) is 0 Å². The minimum atomic E-state index is -0.475. The van der Waals surface area contributed by atoms with Crippen LogP contribution in [0.2, 0.25) is 0 Å². The summed E-state index contributed by atoms with van der Waals surface area (Å²) in [5.74, 6) is -0.339. The normalized spacial score (nSPS) is 10.1. The zero-order chi connectivity index (χ0) is 13.7. The van der Waals surface area contributed by atoms with Gasteiger partial charge in [0.1, 0.15) is 6.61 Å². The van der Waals surface area contributed by atoms with Crippen LogP contribution in [0.25, 0.3) is 0 Å². The van der Waals surface area contributed by atoms with E-state index in [1.807, 2.05) is 17.5 Å². The molecule has 5 nitrogen and oxygen atoms in total. The Bertz CT molecular complexity index is 580. The van der Waals surface area contributed by atoms with Crippen LogP contribution >= 0.6 is 11.3 Å². The highest BCUT2D eigenvalue weighted by atomic mass is 32.1. The minimum absolute atomic E-state index is 0.00759. The van der Waals surface area contributed by atoms with E-state index in [2.05, 4.69) is 0 Å². The molecule has 0 saturated heterocycles. The van der Waals surface area contributed by atoms with Gasteiger partial charge in [-0.05, 0) is 17.0 Å². The predicted molar refractivity (Wildman–Crippen MR) is 70.9 cm³/mol. The fourth-order valence-electron chi connectivity index (χ4n) is 1.53. The van der Waals surface area contributed by atoms with E-state index in [1.165, 1.54) is 23.5 Å². The van der Waals surface area contributed by atoms with Gasteiger partial charge in [-0.2, -0.15) is 0 Å². The van der Waals surface area contributed by atoms with Gasteiger partial charge in [0.25, 0.3) is 5.69 Å². The van der Waals surface area contributed by atoms with Crippen molar-refractivity contribution < 1.29 is 14.5 Å². The Kier molecular flexibility index (Phi) is 4.25. The van der Waals surface area contributed by atoms with Crippen molar-refractivity contribution in [2.45, 2.75) is 13.0 Å². The second-order valence-electron chi connectivity index (χ2n) is 3.84. The van der Waals surface area contributed by atoms with Gasteiger partial charge in [0.15, 0.2) is 0 Å². The molecule has 98 valence electrons. The number of non-ortho nitro benzene ring substituents is 1. The maximum Gasteiger partial charge on any atom is 0.311 e. The number of hydrogen-bond acceptors (Lipinski definition) is 5. The van der Waals surface area contributed by atoms with Crippen molar-refractivity contribution in [2.24, 2.45) is 0 Å². The third-order valence-corrected chi connectivity index (χ3v) is 3.30. The van der Waals surface area contributed by atoms with Gasteiger partial charge < -0.3 is 4.74 Å². The zero-order valence-corrected chi connectivity index (χ0v) is 10.8. The van der Waals surface area contributed by atoms with E-state index in [1.54, 1.807) is 12.1 Å². The lowest BCUT2D eigenvalue weighted by Gasteiger charge is -2.04. The summed E-state index contributed by atoms with van der Waals surface area (Å²) in [5.41, 5.74) is 0.598. The van der Waals surface area contributed by atoms with Crippen LogP contribution in [0.1, 0.15) is 10.4 Å². The molecule has 0 fully saturated rings. The summed E-state index contributed by atoms with van der Waals surface area (Å²) in [4.78, 5) is 22.6. The maximum atomic E-state index is 11.6. The number of carbonyl (C=O) groups is 1. The summed E-state index contributed by atoms with van der Waals surface area (Å²) >= 11 is 1.49. The molecule has 2 rings (SSSR count). The van der Waals surface area contributed by atoms with Gasteiger partial charge in [0, 0.05) is 17.0 Å². The fourth-order valence-corrected chi connectivity index (χ4v) is 2.22. The van der Waals surface area contributed by atoms with Crippen LogP contribution in [0.15, 0.2) is 41.8 Å². The molecule has 0 spiro atoms. The average Bonchev–Trinajstić information content (AvgIpc) is 2.89. The summed E-state index contributed by atoms with van der Waals surface area (Å²) in [6.07, 6.45) is 0.229. The summed E-state index contributed by atoms with van der Waals surface area (Å²) < 4.78 is 5.08. The maximum absolute atomic E-state index is 11.6. The van der Waals surface area contributed by atoms with E-state index in [0.29, 0.717) is 5.56 Å². The Morgan fingerprint density at radius 2 is 2.16 bits per heavy atom. The van der Waals surface area contributed by atoms with Crippen molar-refractivity contribution >= 4 is 23.0 Å². The number of hydrogen-bond donors (Lipinski definition) is 0. The Balaban J connectivity index is 1.89. The van der Waals surface area contributed by atoms with Gasteiger partial charge >= 0.3 is 5.97 Å². The number of thiophene rings is 1. The molecule has 0 N–H and O–H groups in total. The van der Waals surface area contributed by atoms with E-state index >= 15 is 0 Å². The Morgan fingerprint density at radius 1 is 1.32 bits per heavy atom. The summed E-state index contributed by atoms with van der Waals surface area (Å²) in [7, 11) is 0. The van der Waals surface area contributed by atoms with E-state index < -0.39 is 4.92 Å². The summed E-state index contributed by atoms with van der Waals surface area (Å²) in [6.45, 7) is 0.0475. The second-order valence-corrected chi connectivity index (χ2v) is 4.88.